The predicted octanol–water partition coefficient (Wildman–Crippen LogP) is 4.13. The lowest BCUT2D eigenvalue weighted by atomic mass is 9.94. The van der Waals surface area contributed by atoms with Crippen LogP contribution in [0.5, 0.6) is 0 Å². The summed E-state index contributed by atoms with van der Waals surface area (Å²) in [5, 5.41) is 8.10. The SMILES string of the molecule is CCCC(Cn1cnc(NC(C)=O)n1)c1ccc(Cl)cc1Cl. The Kier molecular flexibility index (Phi) is 5.80. The van der Waals surface area contributed by atoms with Gasteiger partial charge in [0, 0.05) is 29.4 Å². The molecule has 7 heteroatoms. The normalized spacial score (nSPS) is 12.2. The molecule has 1 unspecified atom stereocenters. The lowest BCUT2D eigenvalue weighted by molar-refractivity contribution is -0.114. The van der Waals surface area contributed by atoms with E-state index in [1.165, 1.54) is 6.92 Å². The average Bonchev–Trinajstić information content (AvgIpc) is 2.85. The van der Waals surface area contributed by atoms with Crippen LogP contribution in [0.4, 0.5) is 5.95 Å². The number of hydrogen-bond donors (Lipinski definition) is 1. The average molecular weight is 341 g/mol. The number of nitrogens with one attached hydrogen (secondary N) is 1. The third-order valence-corrected chi connectivity index (χ3v) is 3.83. The summed E-state index contributed by atoms with van der Waals surface area (Å²) in [6.07, 6.45) is 3.60. The van der Waals surface area contributed by atoms with Crippen molar-refractivity contribution in [2.75, 3.05) is 5.32 Å². The molecular weight excluding hydrogens is 323 g/mol. The zero-order valence-corrected chi connectivity index (χ0v) is 14.0. The number of rotatable bonds is 6. The van der Waals surface area contributed by atoms with Gasteiger partial charge in [0.1, 0.15) is 6.33 Å². The van der Waals surface area contributed by atoms with E-state index in [9.17, 15) is 4.79 Å². The number of benzene rings is 1. The van der Waals surface area contributed by atoms with Gasteiger partial charge in [0.15, 0.2) is 0 Å². The molecule has 0 bridgehead atoms. The van der Waals surface area contributed by atoms with Gasteiger partial charge < -0.3 is 0 Å². The van der Waals surface area contributed by atoms with Crippen molar-refractivity contribution in [2.24, 2.45) is 0 Å². The molecule has 0 fully saturated rings. The van der Waals surface area contributed by atoms with Crippen LogP contribution in [0.2, 0.25) is 10.0 Å². The van der Waals surface area contributed by atoms with E-state index in [1.54, 1.807) is 17.1 Å². The van der Waals surface area contributed by atoms with Gasteiger partial charge in [-0.15, -0.1) is 5.10 Å². The summed E-state index contributed by atoms with van der Waals surface area (Å²) in [7, 11) is 0. The molecule has 1 aromatic heterocycles. The van der Waals surface area contributed by atoms with Gasteiger partial charge in [0.25, 0.3) is 0 Å². The molecule has 1 atom stereocenters. The molecule has 1 aromatic carbocycles. The topological polar surface area (TPSA) is 59.8 Å². The van der Waals surface area contributed by atoms with Crippen molar-refractivity contribution in [1.29, 1.82) is 0 Å². The van der Waals surface area contributed by atoms with E-state index < -0.39 is 0 Å². The molecule has 0 aliphatic carbocycles. The monoisotopic (exact) mass is 340 g/mol. The number of amides is 1. The van der Waals surface area contributed by atoms with Gasteiger partial charge >= 0.3 is 0 Å². The molecule has 5 nitrogen and oxygen atoms in total. The minimum atomic E-state index is -0.191. The van der Waals surface area contributed by atoms with E-state index in [-0.39, 0.29) is 11.8 Å². The maximum atomic E-state index is 11.0. The van der Waals surface area contributed by atoms with Crippen molar-refractivity contribution in [3.63, 3.8) is 0 Å². The highest BCUT2D eigenvalue weighted by Gasteiger charge is 2.16. The van der Waals surface area contributed by atoms with Crippen LogP contribution < -0.4 is 5.32 Å². The number of aromatic nitrogens is 3. The number of hydrogen-bond acceptors (Lipinski definition) is 3. The number of halogens is 2. The maximum absolute atomic E-state index is 11.0. The van der Waals surface area contributed by atoms with Crippen molar-refractivity contribution in [3.8, 4) is 0 Å². The Morgan fingerprint density at radius 1 is 1.41 bits per heavy atom. The molecular formula is C15H18Cl2N4O. The second-order valence-corrected chi connectivity index (χ2v) is 5.97. The molecule has 2 rings (SSSR count). The van der Waals surface area contributed by atoms with E-state index in [1.807, 2.05) is 12.1 Å². The highest BCUT2D eigenvalue weighted by molar-refractivity contribution is 6.35. The Bertz CT molecular complexity index is 657. The summed E-state index contributed by atoms with van der Waals surface area (Å²) in [5.74, 6) is 0.329. The highest BCUT2D eigenvalue weighted by atomic mass is 35.5. The van der Waals surface area contributed by atoms with Crippen LogP contribution in [-0.4, -0.2) is 20.7 Å². The van der Waals surface area contributed by atoms with Crippen molar-refractivity contribution >= 4 is 35.1 Å². The van der Waals surface area contributed by atoms with Crippen LogP contribution in [0.15, 0.2) is 24.5 Å². The van der Waals surface area contributed by atoms with Gasteiger partial charge in [0.2, 0.25) is 11.9 Å². The molecule has 118 valence electrons. The fourth-order valence-electron chi connectivity index (χ4n) is 2.35. The summed E-state index contributed by atoms with van der Waals surface area (Å²) in [6, 6.07) is 5.55. The third kappa shape index (κ3) is 4.45. The van der Waals surface area contributed by atoms with E-state index in [0.717, 1.165) is 18.4 Å². The highest BCUT2D eigenvalue weighted by Crippen LogP contribution is 2.31. The third-order valence-electron chi connectivity index (χ3n) is 3.27. The number of nitrogens with zero attached hydrogens (tertiary/aromatic N) is 3. The smallest absolute Gasteiger partial charge is 0.248 e. The van der Waals surface area contributed by atoms with Crippen molar-refractivity contribution in [3.05, 3.63) is 40.1 Å². The molecule has 0 aliphatic heterocycles. The molecule has 0 saturated heterocycles. The van der Waals surface area contributed by atoms with Crippen molar-refractivity contribution in [2.45, 2.75) is 39.2 Å². The Balaban J connectivity index is 2.17. The molecule has 0 saturated carbocycles. The van der Waals surface area contributed by atoms with Gasteiger partial charge in [-0.2, -0.15) is 0 Å². The van der Waals surface area contributed by atoms with Gasteiger partial charge in [0.05, 0.1) is 0 Å². The first kappa shape index (κ1) is 16.8. The standard InChI is InChI=1S/C15H18Cl2N4O/c1-3-4-11(13-6-5-12(16)7-14(13)17)8-21-9-18-15(20-21)19-10(2)22/h5-7,9,11H,3-4,8H2,1-2H3,(H,19,20,22). The Morgan fingerprint density at radius 2 is 2.18 bits per heavy atom. The first-order valence-electron chi connectivity index (χ1n) is 7.11. The molecule has 2 aromatic rings. The molecule has 1 heterocycles. The summed E-state index contributed by atoms with van der Waals surface area (Å²) >= 11 is 12.3. The van der Waals surface area contributed by atoms with Gasteiger partial charge in [-0.3, -0.25) is 14.8 Å². The van der Waals surface area contributed by atoms with Crippen LogP contribution in [0.25, 0.3) is 0 Å². The van der Waals surface area contributed by atoms with E-state index in [4.69, 9.17) is 23.2 Å². The quantitative estimate of drug-likeness (QED) is 0.859. The zero-order chi connectivity index (χ0) is 16.1. The Labute approximate surface area is 139 Å². The van der Waals surface area contributed by atoms with Crippen LogP contribution in [-0.2, 0) is 11.3 Å². The van der Waals surface area contributed by atoms with E-state index >= 15 is 0 Å². The molecule has 0 spiro atoms. The first-order chi connectivity index (χ1) is 10.5. The summed E-state index contributed by atoms with van der Waals surface area (Å²) in [4.78, 5) is 15.1. The number of anilines is 1. The zero-order valence-electron chi connectivity index (χ0n) is 12.5. The second kappa shape index (κ2) is 7.61. The van der Waals surface area contributed by atoms with Gasteiger partial charge in [-0.25, -0.2) is 4.98 Å². The lowest BCUT2D eigenvalue weighted by Crippen LogP contribution is -2.12. The van der Waals surface area contributed by atoms with Crippen molar-refractivity contribution in [1.82, 2.24) is 14.8 Å². The Hall–Kier alpha value is -1.59. The van der Waals surface area contributed by atoms with Crippen LogP contribution in [0, 0.1) is 0 Å². The van der Waals surface area contributed by atoms with Crippen LogP contribution in [0.1, 0.15) is 38.2 Å². The molecule has 22 heavy (non-hydrogen) atoms. The summed E-state index contributed by atoms with van der Waals surface area (Å²) in [5.41, 5.74) is 1.05. The van der Waals surface area contributed by atoms with E-state index in [0.29, 0.717) is 22.5 Å². The molecule has 1 N–H and O–H groups in total. The fraction of sp³-hybridized carbons (Fsp3) is 0.400. The van der Waals surface area contributed by atoms with Crippen molar-refractivity contribution < 1.29 is 4.79 Å². The van der Waals surface area contributed by atoms with Gasteiger partial charge in [-0.1, -0.05) is 42.6 Å². The minimum Gasteiger partial charge on any atom is -0.293 e. The molecule has 0 aliphatic rings. The fourth-order valence-corrected chi connectivity index (χ4v) is 2.91. The molecule has 0 radical (unpaired) electrons. The summed E-state index contributed by atoms with van der Waals surface area (Å²) in [6.45, 7) is 4.19. The summed E-state index contributed by atoms with van der Waals surface area (Å²) < 4.78 is 1.72. The number of carbonyl (C=O) groups excluding carboxylic acids is 1. The largest absolute Gasteiger partial charge is 0.293 e. The van der Waals surface area contributed by atoms with Crippen LogP contribution in [0.3, 0.4) is 0 Å². The van der Waals surface area contributed by atoms with Gasteiger partial charge in [-0.05, 0) is 24.1 Å². The lowest BCUT2D eigenvalue weighted by Gasteiger charge is -2.18. The Morgan fingerprint density at radius 3 is 2.82 bits per heavy atom. The molecule has 1 amide bonds. The number of carbonyl (C=O) groups is 1. The second-order valence-electron chi connectivity index (χ2n) is 5.12. The van der Waals surface area contributed by atoms with Crippen LogP contribution >= 0.6 is 23.2 Å². The first-order valence-corrected chi connectivity index (χ1v) is 7.87. The van der Waals surface area contributed by atoms with E-state index in [2.05, 4.69) is 22.3 Å². The predicted molar refractivity (Wildman–Crippen MR) is 88.4 cm³/mol. The minimum absolute atomic E-state index is 0.191. The maximum Gasteiger partial charge on any atom is 0.248 e.